The number of hydrogen-bond acceptors (Lipinski definition) is 4. The molecule has 0 unspecified atom stereocenters. The second-order valence-electron chi connectivity index (χ2n) is 5.74. The highest BCUT2D eigenvalue weighted by Crippen LogP contribution is 2.31. The van der Waals surface area contributed by atoms with Crippen molar-refractivity contribution in [2.24, 2.45) is 0 Å². The zero-order chi connectivity index (χ0) is 22.3. The van der Waals surface area contributed by atoms with E-state index in [4.69, 9.17) is 13.5 Å². The van der Waals surface area contributed by atoms with E-state index in [2.05, 4.69) is 32.1 Å². The molecule has 1 atom stereocenters. The van der Waals surface area contributed by atoms with Gasteiger partial charge in [-0.15, -0.1) is 0 Å². The van der Waals surface area contributed by atoms with Gasteiger partial charge in [0, 0.05) is 6.61 Å². The maximum absolute atomic E-state index is 8.75. The fourth-order valence-corrected chi connectivity index (χ4v) is 2.64. The van der Waals surface area contributed by atoms with Gasteiger partial charge >= 0.3 is 0 Å². The summed E-state index contributed by atoms with van der Waals surface area (Å²) in [5, 5.41) is 8.75. The third kappa shape index (κ3) is 18.4. The van der Waals surface area contributed by atoms with Crippen LogP contribution < -0.4 is 0 Å². The summed E-state index contributed by atoms with van der Waals surface area (Å²) in [5.74, 6) is 0.767. The predicted molar refractivity (Wildman–Crippen MR) is 128 cm³/mol. The summed E-state index contributed by atoms with van der Waals surface area (Å²) >= 11 is 1.05. The minimum Gasteiger partial charge on any atom is -0.401 e. The zero-order valence-corrected chi connectivity index (χ0v) is 20.7. The zero-order valence-electron chi connectivity index (χ0n) is 19.9. The molecule has 0 spiro atoms. The highest BCUT2D eigenvalue weighted by Gasteiger charge is 2.25. The number of hydrogen-bond donors (Lipinski definition) is 1. The third-order valence-corrected chi connectivity index (χ3v) is 4.26. The number of unbranched alkanes of at least 4 members (excludes halogenated alkanes) is 1. The monoisotopic (exact) mass is 414 g/mol. The SMILES string of the molecule is C/C=C(\C=C/CCCO)OSO[C@@]1(C)C/C=C\C(C)=C/CC1.CC.CC.CC. The van der Waals surface area contributed by atoms with Crippen LogP contribution >= 0.6 is 12.3 Å². The van der Waals surface area contributed by atoms with Crippen LogP contribution in [0.4, 0.5) is 0 Å². The Hall–Kier alpha value is -0.970. The van der Waals surface area contributed by atoms with E-state index < -0.39 is 0 Å². The summed E-state index contributed by atoms with van der Waals surface area (Å²) in [6, 6.07) is 0. The number of aliphatic hydroxyl groups is 1. The van der Waals surface area contributed by atoms with Crippen LogP contribution in [-0.2, 0) is 8.37 Å². The van der Waals surface area contributed by atoms with Gasteiger partial charge in [0.2, 0.25) is 12.3 Å². The largest absolute Gasteiger partial charge is 0.401 e. The number of aliphatic hydroxyl groups excluding tert-OH is 1. The Morgan fingerprint density at radius 2 is 1.86 bits per heavy atom. The van der Waals surface area contributed by atoms with Gasteiger partial charge in [-0.2, -0.15) is 0 Å². The molecular formula is C24H46O3S. The van der Waals surface area contributed by atoms with Gasteiger partial charge in [-0.05, 0) is 65.0 Å². The standard InChI is InChI=1S/C18H28O3S.3C2H6/c1-4-17(12-6-5-7-15-19)20-22-21-18(3)13-8-10-16(2)11-9-14-18;3*1-2/h4,6,8,10-12,19H,5,7,9,13-15H2,1-3H3;3*1-2H3/b10-8-,12-6-,16-11-,17-4+;;;/t18-;;;/m0.../s1. The Morgan fingerprint density at radius 1 is 1.21 bits per heavy atom. The molecule has 0 aromatic carbocycles. The van der Waals surface area contributed by atoms with E-state index in [0.29, 0.717) is 0 Å². The lowest BCUT2D eigenvalue weighted by atomic mass is 9.93. The normalized spacial score (nSPS) is 21.9. The maximum atomic E-state index is 8.75. The first-order valence-corrected chi connectivity index (χ1v) is 11.6. The molecule has 28 heavy (non-hydrogen) atoms. The average Bonchev–Trinajstić information content (AvgIpc) is 2.73. The van der Waals surface area contributed by atoms with E-state index >= 15 is 0 Å². The molecule has 0 heterocycles. The Kier molecular flexibility index (Phi) is 27.3. The van der Waals surface area contributed by atoms with Gasteiger partial charge in [0.25, 0.3) is 0 Å². The van der Waals surface area contributed by atoms with Crippen LogP contribution in [0, 0.1) is 0 Å². The molecule has 0 saturated carbocycles. The summed E-state index contributed by atoms with van der Waals surface area (Å²) in [6.07, 6.45) is 16.9. The molecule has 1 N–H and O–H groups in total. The van der Waals surface area contributed by atoms with Crippen molar-refractivity contribution >= 4 is 12.3 Å². The minimum absolute atomic E-state index is 0.210. The van der Waals surface area contributed by atoms with Crippen molar-refractivity contribution in [2.45, 2.75) is 100 Å². The van der Waals surface area contributed by atoms with Crippen LogP contribution in [-0.4, -0.2) is 17.3 Å². The lowest BCUT2D eigenvalue weighted by Crippen LogP contribution is -2.25. The van der Waals surface area contributed by atoms with Crippen LogP contribution in [0.25, 0.3) is 0 Å². The minimum atomic E-state index is -0.210. The quantitative estimate of drug-likeness (QED) is 0.187. The van der Waals surface area contributed by atoms with Crippen molar-refractivity contribution in [3.63, 3.8) is 0 Å². The molecule has 1 rings (SSSR count). The van der Waals surface area contributed by atoms with Gasteiger partial charge in [0.05, 0.1) is 5.60 Å². The third-order valence-electron chi connectivity index (χ3n) is 3.53. The number of rotatable bonds is 8. The molecule has 1 aliphatic rings. The van der Waals surface area contributed by atoms with E-state index in [1.807, 2.05) is 66.7 Å². The smallest absolute Gasteiger partial charge is 0.225 e. The summed E-state index contributed by atoms with van der Waals surface area (Å²) in [7, 11) is 0. The highest BCUT2D eigenvalue weighted by molar-refractivity contribution is 7.90. The van der Waals surface area contributed by atoms with Crippen LogP contribution in [0.3, 0.4) is 0 Å². The molecule has 166 valence electrons. The Labute approximate surface area is 180 Å². The lowest BCUT2D eigenvalue weighted by Gasteiger charge is -2.27. The van der Waals surface area contributed by atoms with Gasteiger partial charge in [-0.3, -0.25) is 4.18 Å². The first-order valence-electron chi connectivity index (χ1n) is 10.9. The second-order valence-corrected chi connectivity index (χ2v) is 6.21. The van der Waals surface area contributed by atoms with Gasteiger partial charge in [-0.1, -0.05) is 71.4 Å². The average molecular weight is 415 g/mol. The van der Waals surface area contributed by atoms with Crippen LogP contribution in [0.1, 0.15) is 94.4 Å². The van der Waals surface area contributed by atoms with Crippen molar-refractivity contribution in [2.75, 3.05) is 6.61 Å². The second kappa shape index (κ2) is 24.1. The van der Waals surface area contributed by atoms with Crippen LogP contribution in [0.2, 0.25) is 0 Å². The predicted octanol–water partition coefficient (Wildman–Crippen LogP) is 8.34. The van der Waals surface area contributed by atoms with Gasteiger partial charge in [0.15, 0.2) is 0 Å². The molecule has 1 aliphatic carbocycles. The van der Waals surface area contributed by atoms with Crippen molar-refractivity contribution in [1.29, 1.82) is 0 Å². The Morgan fingerprint density at radius 3 is 2.43 bits per heavy atom. The highest BCUT2D eigenvalue weighted by atomic mass is 32.2. The van der Waals surface area contributed by atoms with E-state index in [-0.39, 0.29) is 12.2 Å². The van der Waals surface area contributed by atoms with Crippen molar-refractivity contribution in [1.82, 2.24) is 0 Å². The molecule has 0 radical (unpaired) electrons. The van der Waals surface area contributed by atoms with Gasteiger partial charge < -0.3 is 9.29 Å². The fourth-order valence-electron chi connectivity index (χ4n) is 2.06. The summed E-state index contributed by atoms with van der Waals surface area (Å²) in [5.41, 5.74) is 1.10. The van der Waals surface area contributed by atoms with Crippen molar-refractivity contribution in [3.05, 3.63) is 47.8 Å². The molecule has 0 aliphatic heterocycles. The molecule has 3 nitrogen and oxygen atoms in total. The summed E-state index contributed by atoms with van der Waals surface area (Å²) in [6.45, 7) is 18.4. The molecule has 0 amide bonds. The molecule has 0 saturated heterocycles. The van der Waals surface area contributed by atoms with Crippen LogP contribution in [0.15, 0.2) is 47.8 Å². The first-order chi connectivity index (χ1) is 13.6. The Bertz CT molecular complexity index is 439. The molecule has 0 fully saturated rings. The van der Waals surface area contributed by atoms with Crippen molar-refractivity contribution < 1.29 is 13.5 Å². The van der Waals surface area contributed by atoms with E-state index in [1.54, 1.807) is 0 Å². The molecule has 4 heteroatoms. The van der Waals surface area contributed by atoms with Crippen LogP contribution in [0.5, 0.6) is 0 Å². The van der Waals surface area contributed by atoms with Gasteiger partial charge in [-0.25, -0.2) is 0 Å². The van der Waals surface area contributed by atoms with E-state index in [1.165, 1.54) is 5.57 Å². The maximum Gasteiger partial charge on any atom is 0.225 e. The molecular weight excluding hydrogens is 368 g/mol. The topological polar surface area (TPSA) is 38.7 Å². The molecule has 0 aromatic rings. The van der Waals surface area contributed by atoms with Gasteiger partial charge in [0.1, 0.15) is 5.76 Å². The Balaban J connectivity index is -0.000000946. The number of allylic oxidation sites excluding steroid dienone is 6. The lowest BCUT2D eigenvalue weighted by molar-refractivity contribution is 0.0992. The first kappa shape index (κ1) is 31.7. The molecule has 0 bridgehead atoms. The summed E-state index contributed by atoms with van der Waals surface area (Å²) in [4.78, 5) is 0. The van der Waals surface area contributed by atoms with E-state index in [9.17, 15) is 0 Å². The summed E-state index contributed by atoms with van der Waals surface area (Å²) < 4.78 is 11.5. The fraction of sp³-hybridized carbons (Fsp3) is 0.667. The molecule has 0 aromatic heterocycles. The van der Waals surface area contributed by atoms with Crippen molar-refractivity contribution in [3.8, 4) is 0 Å². The van der Waals surface area contributed by atoms with E-state index in [0.717, 1.165) is 50.2 Å².